The van der Waals surface area contributed by atoms with E-state index in [1.54, 1.807) is 85.2 Å². The molecule has 0 bridgehead atoms. The van der Waals surface area contributed by atoms with E-state index in [9.17, 15) is 45.2 Å². The van der Waals surface area contributed by atoms with Crippen LogP contribution in [0.15, 0.2) is 254 Å². The molecule has 11 nitrogen and oxygen atoms in total. The Bertz CT molecular complexity index is 5630. The van der Waals surface area contributed by atoms with E-state index in [0.717, 1.165) is 163 Å². The molecule has 0 unspecified atom stereocenters. The van der Waals surface area contributed by atoms with Crippen LogP contribution in [0.25, 0.3) is 48.5 Å². The summed E-state index contributed by atoms with van der Waals surface area (Å²) in [6, 6.07) is 66.3. The highest BCUT2D eigenvalue weighted by molar-refractivity contribution is 7.95. The number of sulfone groups is 1. The molecular formula is C97H92BrCl6F4N5O6PS+. The standard InChI is InChI=1S/C19H18P.C18H16Cl2FNO.C18H18FNO.C16H16FN.C15H14FNO.C9H10NO2S.C2Cl4O.BrH/c1-20(17-11-5-2-6-12-17,18-13-7-3-8-14-18)19-15-9-4-10-16-19;19-18(20)16(23)10-17(18)6-3-11(4-7-17)13-5-8-22-15-2-1-12(21)9-14(13)15;19-13-1-2-17-16(9-13)15(5-8-20-17)12-3-6-18(7-4-12)10-14(21)11-18;1-11-2-4-12(5-3-11)14-8-9-18-16-7-6-13(17)10-15(14)16;16-11-3-6-15-14(9-11)13(7-8-17-15)10-1-4-12(18)5-2-10;1-8-3-5-9(6-4-8)13(11,12)7-10-2;3-1(7)2(4,5)6;/h2-16H,1H3;1-2,5,8-9,11H,3-4,6-7,10H2;1-2,5,8-9,12H,3-4,6-7,10-11H2;6-10,12H,1-5H2;3,6-10H,1-2,4-5H2;2-6H,7H2,1H3;;1H/q+1;;;;;+1;;/p-1. The molecule has 6 aliphatic carbocycles. The third-order valence-corrected chi connectivity index (χ3v) is 32.0. The molecule has 0 radical (unpaired) electrons. The van der Waals surface area contributed by atoms with Crippen molar-refractivity contribution < 1.29 is 62.1 Å². The van der Waals surface area contributed by atoms with Crippen molar-refractivity contribution in [2.75, 3.05) is 12.5 Å². The van der Waals surface area contributed by atoms with Crippen molar-refractivity contribution in [2.45, 2.75) is 166 Å². The van der Waals surface area contributed by atoms with Gasteiger partial charge >= 0.3 is 5.88 Å². The summed E-state index contributed by atoms with van der Waals surface area (Å²) in [6.07, 6.45) is 24.6. The lowest BCUT2D eigenvalue weighted by atomic mass is 9.57. The van der Waals surface area contributed by atoms with Gasteiger partial charge in [-0.2, -0.15) is 0 Å². The highest BCUT2D eigenvalue weighted by Gasteiger charge is 2.64. The van der Waals surface area contributed by atoms with Gasteiger partial charge in [-0.1, -0.05) is 147 Å². The first kappa shape index (κ1) is 93.3. The number of carbonyl (C=O) groups excluding carboxylic acids is 4. The molecule has 0 saturated heterocycles. The van der Waals surface area contributed by atoms with Crippen LogP contribution in [0.2, 0.25) is 0 Å². The van der Waals surface area contributed by atoms with Crippen molar-refractivity contribution in [2.24, 2.45) is 10.8 Å². The predicted octanol–water partition coefficient (Wildman–Crippen LogP) is 22.2. The Balaban J connectivity index is 0.000000140. The predicted molar refractivity (Wildman–Crippen MR) is 483 cm³/mol. The van der Waals surface area contributed by atoms with Gasteiger partial charge in [0.1, 0.15) is 58.0 Å². The zero-order chi connectivity index (χ0) is 85.6. The van der Waals surface area contributed by atoms with E-state index >= 15 is 0 Å². The minimum absolute atomic E-state index is 0. The number of rotatable bonds is 9. The molecule has 628 valence electrons. The van der Waals surface area contributed by atoms with Gasteiger partial charge in [-0.25, -0.2) is 26.0 Å². The number of pyridine rings is 4. The summed E-state index contributed by atoms with van der Waals surface area (Å²) in [5.41, 5.74) is 10.5. The Kier molecular flexibility index (Phi) is 31.9. The molecule has 4 heterocycles. The highest BCUT2D eigenvalue weighted by Crippen LogP contribution is 2.63. The second-order valence-electron chi connectivity index (χ2n) is 32.0. The Morgan fingerprint density at radius 1 is 0.488 bits per heavy atom. The van der Waals surface area contributed by atoms with Crippen LogP contribution in [-0.2, 0) is 29.0 Å². The van der Waals surface area contributed by atoms with Gasteiger partial charge in [0.05, 0.1) is 33.6 Å². The number of nitrogens with zero attached hydrogens (tertiary/aromatic N) is 5. The number of allylic oxidation sites excluding steroid dienone is 1. The van der Waals surface area contributed by atoms with Crippen LogP contribution >= 0.6 is 76.9 Å². The van der Waals surface area contributed by atoms with Gasteiger partial charge in [-0.05, 0) is 305 Å². The van der Waals surface area contributed by atoms with E-state index in [2.05, 4.69) is 129 Å². The largest absolute Gasteiger partial charge is 1.00 e. The molecule has 0 N–H and O–H groups in total. The van der Waals surface area contributed by atoms with Crippen LogP contribution in [0.1, 0.15) is 173 Å². The number of alkyl halides is 5. The average molecular weight is 1860 g/mol. The molecule has 0 amide bonds. The van der Waals surface area contributed by atoms with Crippen LogP contribution in [0.5, 0.6) is 0 Å². The Labute approximate surface area is 745 Å². The number of aryl methyl sites for hydroxylation is 1. The van der Waals surface area contributed by atoms with Crippen LogP contribution in [0, 0.1) is 47.6 Å². The molecule has 6 fully saturated rings. The third-order valence-electron chi connectivity index (χ3n) is 24.3. The number of Topliss-reactive ketones (excluding diaryl/α,β-unsaturated/α-hetero) is 3. The van der Waals surface area contributed by atoms with Gasteiger partial charge in [-0.15, -0.1) is 0 Å². The molecule has 0 aliphatic heterocycles. The monoisotopic (exact) mass is 1850 g/mol. The maximum Gasteiger partial charge on any atom is 0.364 e. The minimum atomic E-state index is -3.32. The molecule has 6 saturated carbocycles. The zero-order valence-electron chi connectivity index (χ0n) is 67.0. The number of fused-ring (bicyclic) bond motifs is 4. The minimum Gasteiger partial charge on any atom is -1.00 e. The summed E-state index contributed by atoms with van der Waals surface area (Å²) in [6.45, 7) is 13.2. The van der Waals surface area contributed by atoms with Gasteiger partial charge in [0.25, 0.3) is 25.4 Å². The highest BCUT2D eigenvalue weighted by atomic mass is 79.9. The molecule has 8 aromatic carbocycles. The molecule has 0 atom stereocenters. The zero-order valence-corrected chi connectivity index (χ0v) is 74.8. The van der Waals surface area contributed by atoms with Gasteiger partial charge in [0.2, 0.25) is 0 Å². The molecule has 121 heavy (non-hydrogen) atoms. The molecule has 4 aromatic heterocycles. The van der Waals surface area contributed by atoms with E-state index in [1.807, 2.05) is 43.6 Å². The number of ketones is 3. The number of hydrogen-bond acceptors (Lipinski definition) is 10. The molecule has 2 spiro atoms. The fourth-order valence-corrected chi connectivity index (χ4v) is 22.2. The smallest absolute Gasteiger partial charge is 0.364 e. The van der Waals surface area contributed by atoms with E-state index in [0.29, 0.717) is 59.9 Å². The normalized spacial score (nSPS) is 17.0. The lowest BCUT2D eigenvalue weighted by Gasteiger charge is -2.54. The number of benzene rings is 8. The van der Waals surface area contributed by atoms with Gasteiger partial charge in [0.15, 0.2) is 10.1 Å². The summed E-state index contributed by atoms with van der Waals surface area (Å²) in [4.78, 5) is 64.7. The average Bonchev–Trinajstić information content (AvgIpc) is 0.715. The lowest BCUT2D eigenvalue weighted by molar-refractivity contribution is -0.137. The van der Waals surface area contributed by atoms with Crippen LogP contribution in [0.4, 0.5) is 17.6 Å². The molecule has 18 rings (SSSR count). The van der Waals surface area contributed by atoms with Crippen molar-refractivity contribution in [3.05, 3.63) is 305 Å². The fourth-order valence-electron chi connectivity index (χ4n) is 17.5. The Morgan fingerprint density at radius 2 is 0.810 bits per heavy atom. The van der Waals surface area contributed by atoms with Crippen molar-refractivity contribution >= 4 is 169 Å². The quantitative estimate of drug-likeness (QED) is 0.0448. The molecule has 6 aliphatic rings. The first-order valence-corrected chi connectivity index (χ1v) is 46.3. The second kappa shape index (κ2) is 41.4. The van der Waals surface area contributed by atoms with Crippen molar-refractivity contribution in [1.82, 2.24) is 19.9 Å². The maximum absolute atomic E-state index is 13.6. The van der Waals surface area contributed by atoms with Crippen molar-refractivity contribution in [3.63, 3.8) is 0 Å². The van der Waals surface area contributed by atoms with E-state index in [1.165, 1.54) is 56.9 Å². The SMILES string of the molecule is C#[N+]CS(=O)(=O)c1ccc(C)cc1.C=C1CCC(c2ccnc3ccc(F)cc23)CC1.C[P+](c1ccccc1)(c1ccccc1)c1ccccc1.O=C(Cl)C(Cl)(Cl)Cl.O=C1CC2(CCC(c3ccnc4ccc(F)cc34)CC2)C1.O=C1CC2(CCC(c3ccnc4ccc(F)cc34)CC2)C1(Cl)Cl.O=C1CCC(c2ccnc3ccc(F)cc23)CC1.[Br-]. The summed E-state index contributed by atoms with van der Waals surface area (Å²) in [5.74, 6) is 1.15. The van der Waals surface area contributed by atoms with Gasteiger partial charge in [-0.3, -0.25) is 39.1 Å². The third kappa shape index (κ3) is 23.0. The van der Waals surface area contributed by atoms with Gasteiger partial charge < -0.3 is 17.0 Å². The van der Waals surface area contributed by atoms with E-state index in [-0.39, 0.29) is 62.2 Å². The lowest BCUT2D eigenvalue weighted by Crippen LogP contribution is -3.00. The fraction of sp³-hybridized carbons (Fsp3) is 0.309. The van der Waals surface area contributed by atoms with E-state index < -0.39 is 30.5 Å². The summed E-state index contributed by atoms with van der Waals surface area (Å²) < 4.78 is 73.5. The number of hydrogen-bond donors (Lipinski definition) is 0. The van der Waals surface area contributed by atoms with Crippen LogP contribution < -0.4 is 32.9 Å². The van der Waals surface area contributed by atoms with Crippen molar-refractivity contribution in [3.8, 4) is 6.57 Å². The first-order chi connectivity index (χ1) is 57.4. The van der Waals surface area contributed by atoms with Gasteiger partial charge in [0, 0.05) is 83.9 Å². The molecule has 24 heteroatoms. The number of halogens is 11. The van der Waals surface area contributed by atoms with E-state index in [4.69, 9.17) is 76.2 Å². The first-order valence-electron chi connectivity index (χ1n) is 40.1. The number of aromatic nitrogens is 4. The van der Waals surface area contributed by atoms with Crippen molar-refractivity contribution in [1.29, 1.82) is 0 Å². The maximum atomic E-state index is 13.6. The molecule has 12 aromatic rings. The second-order valence-corrected chi connectivity index (χ2v) is 41.5. The van der Waals surface area contributed by atoms with Crippen LogP contribution in [-0.4, -0.2) is 71.6 Å². The topological polar surface area (TPSA) is 158 Å². The Morgan fingerprint density at radius 3 is 1.12 bits per heavy atom. The molecular weight excluding hydrogens is 1760 g/mol. The summed E-state index contributed by atoms with van der Waals surface area (Å²) in [7, 11) is -4.85. The summed E-state index contributed by atoms with van der Waals surface area (Å²) >= 11 is 32.0. The van der Waals surface area contributed by atoms with Crippen LogP contribution in [0.3, 0.4) is 0 Å². The Hall–Kier alpha value is -8.37. The number of carbonyl (C=O) groups is 4. The summed E-state index contributed by atoms with van der Waals surface area (Å²) in [5, 5.41) is 6.97.